The van der Waals surface area contributed by atoms with Crippen LogP contribution in [0.15, 0.2) is 48.5 Å². The molecule has 30 heavy (non-hydrogen) atoms. The summed E-state index contributed by atoms with van der Waals surface area (Å²) in [5, 5.41) is 1.28. The maximum Gasteiger partial charge on any atom is 0.209 e. The van der Waals surface area contributed by atoms with Crippen molar-refractivity contribution in [2.75, 3.05) is 19.3 Å². The van der Waals surface area contributed by atoms with E-state index in [1.165, 1.54) is 21.5 Å². The van der Waals surface area contributed by atoms with E-state index in [2.05, 4.69) is 46.0 Å². The van der Waals surface area contributed by atoms with E-state index in [1.54, 1.807) is 0 Å². The smallest absolute Gasteiger partial charge is 0.209 e. The Hall–Kier alpha value is -1.51. The lowest BCUT2D eigenvalue weighted by Crippen LogP contribution is -2.32. The molecule has 1 aromatic heterocycles. The van der Waals surface area contributed by atoms with E-state index in [9.17, 15) is 8.42 Å². The Kier molecular flexibility index (Phi) is 7.52. The van der Waals surface area contributed by atoms with Gasteiger partial charge in [-0.2, -0.15) is 0 Å². The summed E-state index contributed by atoms with van der Waals surface area (Å²) in [6.45, 7) is 4.95. The van der Waals surface area contributed by atoms with Crippen LogP contribution < -0.4 is 4.72 Å². The third-order valence-electron chi connectivity index (χ3n) is 5.52. The molecule has 5 nitrogen and oxygen atoms in total. The summed E-state index contributed by atoms with van der Waals surface area (Å²) >= 11 is 1.84. The number of hydrogen-bond acceptors (Lipinski definition) is 5. The number of fused-ring (bicyclic) bond motifs is 1. The van der Waals surface area contributed by atoms with Crippen LogP contribution >= 0.6 is 23.7 Å². The van der Waals surface area contributed by atoms with Gasteiger partial charge in [-0.3, -0.25) is 4.90 Å². The molecule has 2 aromatic carbocycles. The Bertz CT molecular complexity index is 1040. The van der Waals surface area contributed by atoms with E-state index in [0.29, 0.717) is 5.92 Å². The van der Waals surface area contributed by atoms with Crippen molar-refractivity contribution in [1.29, 1.82) is 0 Å². The molecular formula is C22H28ClN3O2S2. The van der Waals surface area contributed by atoms with Crippen LogP contribution in [0.2, 0.25) is 0 Å². The number of nitrogens with one attached hydrogen (secondary N) is 1. The summed E-state index contributed by atoms with van der Waals surface area (Å²) in [6, 6.07) is 16.4. The molecule has 0 spiro atoms. The molecule has 1 aliphatic rings. The average molecular weight is 466 g/mol. The van der Waals surface area contributed by atoms with Gasteiger partial charge in [0.1, 0.15) is 0 Å². The molecule has 1 N–H and O–H groups in total. The van der Waals surface area contributed by atoms with Gasteiger partial charge >= 0.3 is 0 Å². The molecule has 1 fully saturated rings. The van der Waals surface area contributed by atoms with Crippen molar-refractivity contribution in [3.8, 4) is 0 Å². The third kappa shape index (κ3) is 5.80. The molecule has 0 bridgehead atoms. The molecular weight excluding hydrogens is 438 g/mol. The van der Waals surface area contributed by atoms with Crippen molar-refractivity contribution in [3.63, 3.8) is 0 Å². The number of aromatic nitrogens is 1. The Balaban J connectivity index is 0.00000256. The van der Waals surface area contributed by atoms with Crippen molar-refractivity contribution in [2.24, 2.45) is 0 Å². The first-order valence-electron chi connectivity index (χ1n) is 10.0. The highest BCUT2D eigenvalue weighted by molar-refractivity contribution is 7.88. The van der Waals surface area contributed by atoms with Gasteiger partial charge in [-0.1, -0.05) is 36.4 Å². The molecule has 0 amide bonds. The summed E-state index contributed by atoms with van der Waals surface area (Å²) in [4.78, 5) is 7.35. The summed E-state index contributed by atoms with van der Waals surface area (Å²) in [5.74, 6) is 0.564. The van der Waals surface area contributed by atoms with Gasteiger partial charge in [0.25, 0.3) is 0 Å². The average Bonchev–Trinajstić information content (AvgIpc) is 3.12. The molecule has 4 rings (SSSR count). The Labute approximate surface area is 189 Å². The van der Waals surface area contributed by atoms with Gasteiger partial charge in [0.05, 0.1) is 21.5 Å². The van der Waals surface area contributed by atoms with Gasteiger partial charge < -0.3 is 0 Å². The number of piperidine rings is 1. The fraction of sp³-hybridized carbons (Fsp3) is 0.409. The predicted molar refractivity (Wildman–Crippen MR) is 127 cm³/mol. The van der Waals surface area contributed by atoms with Crippen LogP contribution in [0.4, 0.5) is 0 Å². The zero-order valence-corrected chi connectivity index (χ0v) is 19.7. The maximum atomic E-state index is 11.4. The normalized spacial score (nSPS) is 17.0. The van der Waals surface area contributed by atoms with Gasteiger partial charge in [-0.15, -0.1) is 23.7 Å². The molecule has 0 aliphatic carbocycles. The van der Waals surface area contributed by atoms with Crippen LogP contribution in [-0.4, -0.2) is 37.6 Å². The summed E-state index contributed by atoms with van der Waals surface area (Å²) in [6.07, 6.45) is 3.48. The lowest BCUT2D eigenvalue weighted by molar-refractivity contribution is 0.204. The molecule has 3 aromatic rings. The molecule has 2 heterocycles. The predicted octanol–water partition coefficient (Wildman–Crippen LogP) is 4.71. The van der Waals surface area contributed by atoms with Crippen molar-refractivity contribution in [2.45, 2.75) is 38.3 Å². The summed E-state index contributed by atoms with van der Waals surface area (Å²) in [5.41, 5.74) is 3.36. The van der Waals surface area contributed by atoms with Crippen LogP contribution in [0.25, 0.3) is 10.2 Å². The van der Waals surface area contributed by atoms with Crippen LogP contribution in [-0.2, 0) is 16.6 Å². The molecule has 1 aliphatic heterocycles. The molecule has 8 heteroatoms. The van der Waals surface area contributed by atoms with Crippen LogP contribution in [0.1, 0.15) is 47.9 Å². The molecule has 1 saturated heterocycles. The zero-order chi connectivity index (χ0) is 20.4. The number of benzene rings is 2. The van der Waals surface area contributed by atoms with Crippen LogP contribution in [0.3, 0.4) is 0 Å². The maximum absolute atomic E-state index is 11.4. The summed E-state index contributed by atoms with van der Waals surface area (Å²) < 4.78 is 26.7. The van der Waals surface area contributed by atoms with Gasteiger partial charge in [0.15, 0.2) is 0 Å². The van der Waals surface area contributed by atoms with E-state index < -0.39 is 10.0 Å². The second kappa shape index (κ2) is 9.75. The van der Waals surface area contributed by atoms with Crippen LogP contribution in [0, 0.1) is 0 Å². The van der Waals surface area contributed by atoms with Crippen molar-refractivity contribution < 1.29 is 8.42 Å². The van der Waals surface area contributed by atoms with Crippen molar-refractivity contribution in [1.82, 2.24) is 14.6 Å². The number of halogens is 1. The SMILES string of the molecule is C[C@@H](NS(C)(=O)=O)c1ccc(CN2CCC(c3nc4ccccc4s3)CC2)cc1.Cl. The molecule has 0 saturated carbocycles. The van der Waals surface area contributed by atoms with Gasteiger partial charge in [0.2, 0.25) is 10.0 Å². The number of rotatable bonds is 6. The lowest BCUT2D eigenvalue weighted by Gasteiger charge is -2.31. The number of likely N-dealkylation sites (tertiary alicyclic amines) is 1. The van der Waals surface area contributed by atoms with Crippen molar-refractivity contribution in [3.05, 3.63) is 64.7 Å². The monoisotopic (exact) mass is 465 g/mol. The largest absolute Gasteiger partial charge is 0.299 e. The second-order valence-electron chi connectivity index (χ2n) is 7.92. The van der Waals surface area contributed by atoms with Gasteiger partial charge in [-0.05, 0) is 56.1 Å². The van der Waals surface area contributed by atoms with Gasteiger partial charge in [-0.25, -0.2) is 18.1 Å². The quantitative estimate of drug-likeness (QED) is 0.572. The minimum absolute atomic E-state index is 0. The standard InChI is InChI=1S/C22H27N3O2S2.ClH/c1-16(24-29(2,26)27)18-9-7-17(8-10-18)15-25-13-11-19(12-14-25)22-23-20-5-3-4-6-21(20)28-22;/h3-10,16,19,24H,11-15H2,1-2H3;1H/t16-;/m1./s1. The van der Waals surface area contributed by atoms with E-state index >= 15 is 0 Å². The first kappa shape index (κ1) is 23.2. The number of nitrogens with zero attached hydrogens (tertiary/aromatic N) is 2. The first-order valence-corrected chi connectivity index (χ1v) is 12.7. The molecule has 0 radical (unpaired) electrons. The van der Waals surface area contributed by atoms with Crippen LogP contribution in [0.5, 0.6) is 0 Å². The van der Waals surface area contributed by atoms with E-state index in [1.807, 2.05) is 30.4 Å². The Morgan fingerprint density at radius 2 is 1.80 bits per heavy atom. The fourth-order valence-electron chi connectivity index (χ4n) is 3.96. The zero-order valence-electron chi connectivity index (χ0n) is 17.2. The minimum atomic E-state index is -3.20. The van der Waals surface area contributed by atoms with Crippen molar-refractivity contribution >= 4 is 44.0 Å². The second-order valence-corrected chi connectivity index (χ2v) is 10.8. The highest BCUT2D eigenvalue weighted by Crippen LogP contribution is 2.34. The Morgan fingerprint density at radius 3 is 2.43 bits per heavy atom. The fourth-order valence-corrected chi connectivity index (χ4v) is 5.88. The number of thiazole rings is 1. The Morgan fingerprint density at radius 1 is 1.13 bits per heavy atom. The van der Waals surface area contributed by atoms with E-state index in [4.69, 9.17) is 4.98 Å². The minimum Gasteiger partial charge on any atom is -0.299 e. The van der Waals surface area contributed by atoms with E-state index in [-0.39, 0.29) is 18.4 Å². The van der Waals surface area contributed by atoms with E-state index in [0.717, 1.165) is 43.6 Å². The summed E-state index contributed by atoms with van der Waals surface area (Å²) in [7, 11) is -3.20. The third-order valence-corrected chi connectivity index (χ3v) is 7.50. The molecule has 0 unspecified atom stereocenters. The number of sulfonamides is 1. The number of hydrogen-bond donors (Lipinski definition) is 1. The number of para-hydroxylation sites is 1. The highest BCUT2D eigenvalue weighted by Gasteiger charge is 2.23. The lowest BCUT2D eigenvalue weighted by atomic mass is 9.97. The molecule has 162 valence electrons. The highest BCUT2D eigenvalue weighted by atomic mass is 35.5. The topological polar surface area (TPSA) is 62.3 Å². The molecule has 1 atom stereocenters. The first-order chi connectivity index (χ1) is 13.9. The van der Waals surface area contributed by atoms with Gasteiger partial charge in [0, 0.05) is 18.5 Å².